The number of nitrogens with zero attached hydrogens (tertiary/aromatic N) is 1. The molecule has 1 aliphatic heterocycles. The normalized spacial score (nSPS) is 13.6. The highest BCUT2D eigenvalue weighted by Crippen LogP contribution is 2.31. The van der Waals surface area contributed by atoms with Gasteiger partial charge in [-0.05, 0) is 52.7 Å². The standard InChI is InChI=1S/C16H13BrN2O2/c1-10-6-7-11(12(17)8-10)16(21)19-9-15(20)18-13-4-2-3-5-14(13)19/h2-8H,9H2,1H3,(H,18,20). The van der Waals surface area contributed by atoms with E-state index in [4.69, 9.17) is 0 Å². The van der Waals surface area contributed by atoms with Gasteiger partial charge in [0.25, 0.3) is 5.91 Å². The number of fused-ring (bicyclic) bond motifs is 1. The van der Waals surface area contributed by atoms with Gasteiger partial charge in [-0.2, -0.15) is 0 Å². The Hall–Kier alpha value is -2.14. The molecule has 0 spiro atoms. The Labute approximate surface area is 130 Å². The summed E-state index contributed by atoms with van der Waals surface area (Å²) in [6.45, 7) is 1.98. The third-order valence-corrected chi connectivity index (χ3v) is 4.03. The molecule has 1 N–H and O–H groups in total. The van der Waals surface area contributed by atoms with Crippen molar-refractivity contribution in [2.45, 2.75) is 6.92 Å². The smallest absolute Gasteiger partial charge is 0.259 e. The molecule has 0 saturated heterocycles. The molecule has 5 heteroatoms. The first kappa shape index (κ1) is 13.8. The molecule has 2 aromatic rings. The molecule has 3 rings (SSSR count). The first-order chi connectivity index (χ1) is 10.1. The maximum absolute atomic E-state index is 12.8. The summed E-state index contributed by atoms with van der Waals surface area (Å²) in [7, 11) is 0. The second kappa shape index (κ2) is 5.33. The van der Waals surface area contributed by atoms with Crippen LogP contribution in [0.4, 0.5) is 11.4 Å². The number of amides is 2. The number of nitrogens with one attached hydrogen (secondary N) is 1. The Morgan fingerprint density at radius 3 is 2.76 bits per heavy atom. The molecule has 1 heterocycles. The predicted molar refractivity (Wildman–Crippen MR) is 85.6 cm³/mol. The fourth-order valence-electron chi connectivity index (χ4n) is 2.35. The number of hydrogen-bond donors (Lipinski definition) is 1. The average Bonchev–Trinajstić information content (AvgIpc) is 2.45. The monoisotopic (exact) mass is 344 g/mol. The van der Waals surface area contributed by atoms with Crippen molar-refractivity contribution in [2.24, 2.45) is 0 Å². The van der Waals surface area contributed by atoms with E-state index in [9.17, 15) is 9.59 Å². The summed E-state index contributed by atoms with van der Waals surface area (Å²) in [6.07, 6.45) is 0. The van der Waals surface area contributed by atoms with E-state index in [0.717, 1.165) is 15.7 Å². The van der Waals surface area contributed by atoms with Gasteiger partial charge in [0, 0.05) is 4.47 Å². The molecule has 0 atom stereocenters. The lowest BCUT2D eigenvalue weighted by Gasteiger charge is -2.29. The van der Waals surface area contributed by atoms with Crippen LogP contribution in [0.15, 0.2) is 46.9 Å². The summed E-state index contributed by atoms with van der Waals surface area (Å²) in [5.74, 6) is -0.380. The molecule has 0 saturated carbocycles. The third-order valence-electron chi connectivity index (χ3n) is 3.37. The van der Waals surface area contributed by atoms with Gasteiger partial charge < -0.3 is 5.32 Å². The van der Waals surface area contributed by atoms with Crippen molar-refractivity contribution in [2.75, 3.05) is 16.8 Å². The Kier molecular flexibility index (Phi) is 3.51. The second-order valence-corrected chi connectivity index (χ2v) is 5.79. The van der Waals surface area contributed by atoms with Gasteiger partial charge in [-0.15, -0.1) is 0 Å². The number of halogens is 1. The van der Waals surface area contributed by atoms with Crippen LogP contribution in [0, 0.1) is 6.92 Å². The number of carbonyl (C=O) groups is 2. The van der Waals surface area contributed by atoms with E-state index in [1.165, 1.54) is 4.90 Å². The predicted octanol–water partition coefficient (Wildman–Crippen LogP) is 3.36. The first-order valence-electron chi connectivity index (χ1n) is 6.53. The van der Waals surface area contributed by atoms with Crippen molar-refractivity contribution in [3.8, 4) is 0 Å². The van der Waals surface area contributed by atoms with Crippen molar-refractivity contribution in [3.05, 3.63) is 58.1 Å². The van der Waals surface area contributed by atoms with Gasteiger partial charge in [0.1, 0.15) is 6.54 Å². The van der Waals surface area contributed by atoms with Crippen molar-refractivity contribution < 1.29 is 9.59 Å². The van der Waals surface area contributed by atoms with Gasteiger partial charge in [0.15, 0.2) is 0 Å². The van der Waals surface area contributed by atoms with E-state index in [1.807, 2.05) is 37.3 Å². The van der Waals surface area contributed by atoms with Crippen LogP contribution in [0.5, 0.6) is 0 Å². The van der Waals surface area contributed by atoms with E-state index in [1.54, 1.807) is 12.1 Å². The Morgan fingerprint density at radius 2 is 2.00 bits per heavy atom. The zero-order valence-electron chi connectivity index (χ0n) is 11.4. The van der Waals surface area contributed by atoms with Crippen LogP contribution >= 0.6 is 15.9 Å². The maximum Gasteiger partial charge on any atom is 0.259 e. The van der Waals surface area contributed by atoms with Crippen LogP contribution in [0.2, 0.25) is 0 Å². The molecule has 2 amide bonds. The number of carbonyl (C=O) groups excluding carboxylic acids is 2. The SMILES string of the molecule is Cc1ccc(C(=O)N2CC(=O)Nc3ccccc32)c(Br)c1. The highest BCUT2D eigenvalue weighted by molar-refractivity contribution is 9.10. The van der Waals surface area contributed by atoms with Gasteiger partial charge in [-0.25, -0.2) is 0 Å². The van der Waals surface area contributed by atoms with E-state index in [2.05, 4.69) is 21.2 Å². The average molecular weight is 345 g/mol. The zero-order chi connectivity index (χ0) is 15.0. The Bertz CT molecular complexity index is 743. The summed E-state index contributed by atoms with van der Waals surface area (Å²) in [5, 5.41) is 2.78. The largest absolute Gasteiger partial charge is 0.323 e. The van der Waals surface area contributed by atoms with E-state index < -0.39 is 0 Å². The summed E-state index contributed by atoms with van der Waals surface area (Å²) in [4.78, 5) is 26.1. The Morgan fingerprint density at radius 1 is 1.24 bits per heavy atom. The molecular formula is C16H13BrN2O2. The topological polar surface area (TPSA) is 49.4 Å². The molecule has 2 aromatic carbocycles. The maximum atomic E-state index is 12.8. The van der Waals surface area contributed by atoms with Crippen molar-refractivity contribution >= 4 is 39.1 Å². The van der Waals surface area contributed by atoms with Gasteiger partial charge in [-0.3, -0.25) is 14.5 Å². The van der Waals surface area contributed by atoms with Crippen molar-refractivity contribution in [1.82, 2.24) is 0 Å². The minimum Gasteiger partial charge on any atom is -0.323 e. The number of rotatable bonds is 1. The number of para-hydroxylation sites is 2. The fourth-order valence-corrected chi connectivity index (χ4v) is 3.02. The molecule has 106 valence electrons. The first-order valence-corrected chi connectivity index (χ1v) is 7.32. The fraction of sp³-hybridized carbons (Fsp3) is 0.125. The van der Waals surface area contributed by atoms with E-state index in [-0.39, 0.29) is 18.4 Å². The summed E-state index contributed by atoms with van der Waals surface area (Å²) in [6, 6.07) is 12.8. The summed E-state index contributed by atoms with van der Waals surface area (Å²) < 4.78 is 0.732. The number of aryl methyl sites for hydroxylation is 1. The molecule has 1 aliphatic rings. The molecule has 4 nitrogen and oxygen atoms in total. The molecule has 0 radical (unpaired) electrons. The van der Waals surface area contributed by atoms with Crippen LogP contribution in [-0.2, 0) is 4.79 Å². The van der Waals surface area contributed by atoms with Gasteiger partial charge in [0.05, 0.1) is 16.9 Å². The quantitative estimate of drug-likeness (QED) is 0.862. The molecule has 0 bridgehead atoms. The molecule has 0 aromatic heterocycles. The van der Waals surface area contributed by atoms with E-state index >= 15 is 0 Å². The lowest BCUT2D eigenvalue weighted by Crippen LogP contribution is -2.42. The minimum absolute atomic E-state index is 0.0240. The lowest BCUT2D eigenvalue weighted by molar-refractivity contribution is -0.115. The van der Waals surface area contributed by atoms with Gasteiger partial charge in [0.2, 0.25) is 5.91 Å². The molecule has 0 fully saturated rings. The highest BCUT2D eigenvalue weighted by Gasteiger charge is 2.28. The second-order valence-electron chi connectivity index (χ2n) is 4.94. The molecular weight excluding hydrogens is 332 g/mol. The number of benzene rings is 2. The minimum atomic E-state index is -0.191. The van der Waals surface area contributed by atoms with Crippen LogP contribution < -0.4 is 10.2 Å². The number of hydrogen-bond acceptors (Lipinski definition) is 2. The summed E-state index contributed by atoms with van der Waals surface area (Å²) >= 11 is 3.42. The molecule has 0 aliphatic carbocycles. The van der Waals surface area contributed by atoms with Crippen LogP contribution in [0.25, 0.3) is 0 Å². The van der Waals surface area contributed by atoms with Gasteiger partial charge in [-0.1, -0.05) is 18.2 Å². The zero-order valence-corrected chi connectivity index (χ0v) is 13.0. The van der Waals surface area contributed by atoms with Crippen LogP contribution in [0.3, 0.4) is 0 Å². The molecule has 21 heavy (non-hydrogen) atoms. The number of anilines is 2. The van der Waals surface area contributed by atoms with Gasteiger partial charge >= 0.3 is 0 Å². The molecule has 0 unspecified atom stereocenters. The third kappa shape index (κ3) is 2.56. The summed E-state index contributed by atoms with van der Waals surface area (Å²) in [5.41, 5.74) is 2.99. The van der Waals surface area contributed by atoms with E-state index in [0.29, 0.717) is 11.3 Å². The van der Waals surface area contributed by atoms with Crippen molar-refractivity contribution in [1.29, 1.82) is 0 Å². The highest BCUT2D eigenvalue weighted by atomic mass is 79.9. The van der Waals surface area contributed by atoms with Crippen molar-refractivity contribution in [3.63, 3.8) is 0 Å². The lowest BCUT2D eigenvalue weighted by atomic mass is 10.1. The Balaban J connectivity index is 2.04. The van der Waals surface area contributed by atoms with Crippen LogP contribution in [-0.4, -0.2) is 18.4 Å². The van der Waals surface area contributed by atoms with Crippen LogP contribution in [0.1, 0.15) is 15.9 Å².